The number of hydrogen-bond acceptors (Lipinski definition) is 2. The number of amides is 1. The molecule has 1 aromatic carbocycles. The van der Waals surface area contributed by atoms with Crippen molar-refractivity contribution in [2.45, 2.75) is 58.4 Å². The quantitative estimate of drug-likeness (QED) is 0.558. The second-order valence-electron chi connectivity index (χ2n) is 5.21. The van der Waals surface area contributed by atoms with Gasteiger partial charge in [-0.05, 0) is 37.5 Å². The van der Waals surface area contributed by atoms with Gasteiger partial charge in [-0.15, -0.1) is 0 Å². The van der Waals surface area contributed by atoms with Crippen LogP contribution in [0, 0.1) is 0 Å². The van der Waals surface area contributed by atoms with Crippen molar-refractivity contribution in [3.8, 4) is 0 Å². The number of nitrogens with two attached hydrogens (primary N) is 1. The fraction of sp³-hybridized carbons (Fsp3) is 0.562. The van der Waals surface area contributed by atoms with E-state index in [1.54, 1.807) is 0 Å². The fourth-order valence-corrected chi connectivity index (χ4v) is 2.06. The zero-order chi connectivity index (χ0) is 14.1. The van der Waals surface area contributed by atoms with Gasteiger partial charge in [-0.25, -0.2) is 0 Å². The lowest BCUT2D eigenvalue weighted by Crippen LogP contribution is -2.32. The van der Waals surface area contributed by atoms with Gasteiger partial charge in [-0.2, -0.15) is 0 Å². The van der Waals surface area contributed by atoms with Crippen LogP contribution >= 0.6 is 0 Å². The van der Waals surface area contributed by atoms with Crippen molar-refractivity contribution in [2.75, 3.05) is 5.73 Å². The van der Waals surface area contributed by atoms with Gasteiger partial charge in [0.25, 0.3) is 0 Å². The van der Waals surface area contributed by atoms with Crippen molar-refractivity contribution >= 4 is 11.6 Å². The Labute approximate surface area is 116 Å². The van der Waals surface area contributed by atoms with Crippen LogP contribution in [0.1, 0.15) is 51.5 Å². The number of anilines is 1. The molecule has 106 valence electrons. The Morgan fingerprint density at radius 3 is 2.58 bits per heavy atom. The second kappa shape index (κ2) is 8.57. The number of carbonyl (C=O) groups is 1. The predicted octanol–water partition coefficient (Wildman–Crippen LogP) is 3.29. The highest BCUT2D eigenvalue weighted by Crippen LogP contribution is 2.08. The van der Waals surface area contributed by atoms with E-state index in [0.717, 1.165) is 24.1 Å². The van der Waals surface area contributed by atoms with Gasteiger partial charge in [-0.3, -0.25) is 4.79 Å². The molecule has 0 aromatic heterocycles. The Balaban J connectivity index is 2.22. The van der Waals surface area contributed by atoms with Crippen LogP contribution in [0.15, 0.2) is 24.3 Å². The normalized spacial score (nSPS) is 12.1. The van der Waals surface area contributed by atoms with E-state index in [0.29, 0.717) is 6.42 Å². The summed E-state index contributed by atoms with van der Waals surface area (Å²) >= 11 is 0. The van der Waals surface area contributed by atoms with Gasteiger partial charge in [0.05, 0.1) is 0 Å². The first-order chi connectivity index (χ1) is 9.11. The average molecular weight is 262 g/mol. The maximum atomic E-state index is 11.8. The molecule has 1 aromatic rings. The number of benzene rings is 1. The third-order valence-corrected chi connectivity index (χ3v) is 3.27. The summed E-state index contributed by atoms with van der Waals surface area (Å²) in [5, 5.41) is 3.06. The van der Waals surface area contributed by atoms with Gasteiger partial charge in [0.2, 0.25) is 5.91 Å². The van der Waals surface area contributed by atoms with Crippen molar-refractivity contribution in [2.24, 2.45) is 0 Å². The second-order valence-corrected chi connectivity index (χ2v) is 5.21. The molecule has 0 heterocycles. The lowest BCUT2D eigenvalue weighted by molar-refractivity contribution is -0.121. The summed E-state index contributed by atoms with van der Waals surface area (Å²) in [5.41, 5.74) is 7.54. The van der Waals surface area contributed by atoms with Gasteiger partial charge in [0.15, 0.2) is 0 Å². The fourth-order valence-electron chi connectivity index (χ4n) is 2.06. The molecule has 1 unspecified atom stereocenters. The van der Waals surface area contributed by atoms with E-state index < -0.39 is 0 Å². The smallest absolute Gasteiger partial charge is 0.220 e. The standard InChI is InChI=1S/C16H26N2O/c1-3-4-5-6-13(2)18-16(19)12-9-14-7-10-15(17)11-8-14/h7-8,10-11,13H,3-6,9,12,17H2,1-2H3,(H,18,19). The minimum Gasteiger partial charge on any atom is -0.399 e. The van der Waals surface area contributed by atoms with Crippen molar-refractivity contribution in [1.82, 2.24) is 5.32 Å². The summed E-state index contributed by atoms with van der Waals surface area (Å²) in [6.07, 6.45) is 6.04. The minimum atomic E-state index is 0.140. The van der Waals surface area contributed by atoms with Gasteiger partial charge in [0, 0.05) is 18.2 Å². The number of hydrogen-bond donors (Lipinski definition) is 2. The number of nitrogens with one attached hydrogen (secondary N) is 1. The number of unbranched alkanes of at least 4 members (excludes halogenated alkanes) is 2. The van der Waals surface area contributed by atoms with Gasteiger partial charge < -0.3 is 11.1 Å². The lowest BCUT2D eigenvalue weighted by Gasteiger charge is -2.13. The molecule has 0 spiro atoms. The number of carbonyl (C=O) groups excluding carboxylic acids is 1. The molecular weight excluding hydrogens is 236 g/mol. The first-order valence-electron chi connectivity index (χ1n) is 7.25. The molecule has 0 saturated carbocycles. The Hall–Kier alpha value is -1.51. The zero-order valence-electron chi connectivity index (χ0n) is 12.1. The minimum absolute atomic E-state index is 0.140. The Morgan fingerprint density at radius 2 is 1.95 bits per heavy atom. The van der Waals surface area contributed by atoms with E-state index in [2.05, 4.69) is 19.2 Å². The molecule has 1 atom stereocenters. The molecule has 1 rings (SSSR count). The van der Waals surface area contributed by atoms with Crippen LogP contribution in [-0.4, -0.2) is 11.9 Å². The molecule has 3 heteroatoms. The summed E-state index contributed by atoms with van der Waals surface area (Å²) in [6.45, 7) is 4.27. The van der Waals surface area contributed by atoms with Crippen molar-refractivity contribution in [1.29, 1.82) is 0 Å². The molecule has 0 saturated heterocycles. The van der Waals surface area contributed by atoms with Crippen LogP contribution in [0.5, 0.6) is 0 Å². The van der Waals surface area contributed by atoms with Crippen LogP contribution in [0.25, 0.3) is 0 Å². The third-order valence-electron chi connectivity index (χ3n) is 3.27. The molecule has 0 bridgehead atoms. The van der Waals surface area contributed by atoms with Gasteiger partial charge >= 0.3 is 0 Å². The molecule has 3 nitrogen and oxygen atoms in total. The highest BCUT2D eigenvalue weighted by atomic mass is 16.1. The molecular formula is C16H26N2O. The number of rotatable bonds is 8. The van der Waals surface area contributed by atoms with Crippen LogP contribution in [0.2, 0.25) is 0 Å². The Morgan fingerprint density at radius 1 is 1.26 bits per heavy atom. The maximum Gasteiger partial charge on any atom is 0.220 e. The first kappa shape index (κ1) is 15.5. The summed E-state index contributed by atoms with van der Waals surface area (Å²) in [5.74, 6) is 0.140. The maximum absolute atomic E-state index is 11.8. The highest BCUT2D eigenvalue weighted by molar-refractivity contribution is 5.76. The Kier molecular flexibility index (Phi) is 7.01. The molecule has 1 amide bonds. The first-order valence-corrected chi connectivity index (χ1v) is 7.25. The molecule has 0 aliphatic carbocycles. The molecule has 0 aliphatic heterocycles. The van der Waals surface area contributed by atoms with E-state index in [9.17, 15) is 4.79 Å². The van der Waals surface area contributed by atoms with Crippen LogP contribution in [0.3, 0.4) is 0 Å². The van der Waals surface area contributed by atoms with Crippen molar-refractivity contribution in [3.05, 3.63) is 29.8 Å². The third kappa shape index (κ3) is 6.85. The monoisotopic (exact) mass is 262 g/mol. The van der Waals surface area contributed by atoms with E-state index in [4.69, 9.17) is 5.73 Å². The van der Waals surface area contributed by atoms with Crippen molar-refractivity contribution in [3.63, 3.8) is 0 Å². The summed E-state index contributed by atoms with van der Waals surface area (Å²) in [6, 6.07) is 7.99. The topological polar surface area (TPSA) is 55.1 Å². The van der Waals surface area contributed by atoms with E-state index in [1.807, 2.05) is 24.3 Å². The molecule has 0 radical (unpaired) electrons. The largest absolute Gasteiger partial charge is 0.399 e. The number of aryl methyl sites for hydroxylation is 1. The average Bonchev–Trinajstić information content (AvgIpc) is 2.38. The zero-order valence-corrected chi connectivity index (χ0v) is 12.1. The summed E-state index contributed by atoms with van der Waals surface area (Å²) in [4.78, 5) is 11.8. The van der Waals surface area contributed by atoms with E-state index in [1.165, 1.54) is 19.3 Å². The molecule has 3 N–H and O–H groups in total. The SMILES string of the molecule is CCCCCC(C)NC(=O)CCc1ccc(N)cc1. The van der Waals surface area contributed by atoms with Gasteiger partial charge in [0.1, 0.15) is 0 Å². The molecule has 0 aliphatic rings. The van der Waals surface area contributed by atoms with Gasteiger partial charge in [-0.1, -0.05) is 38.3 Å². The van der Waals surface area contributed by atoms with E-state index in [-0.39, 0.29) is 11.9 Å². The van der Waals surface area contributed by atoms with Crippen molar-refractivity contribution < 1.29 is 4.79 Å². The summed E-state index contributed by atoms with van der Waals surface area (Å²) in [7, 11) is 0. The summed E-state index contributed by atoms with van der Waals surface area (Å²) < 4.78 is 0. The van der Waals surface area contributed by atoms with Crippen LogP contribution in [0.4, 0.5) is 5.69 Å². The predicted molar refractivity (Wildman–Crippen MR) is 80.9 cm³/mol. The highest BCUT2D eigenvalue weighted by Gasteiger charge is 2.07. The molecule has 0 fully saturated rings. The van der Waals surface area contributed by atoms with Crippen LogP contribution < -0.4 is 11.1 Å². The lowest BCUT2D eigenvalue weighted by atomic mass is 10.1. The molecule has 19 heavy (non-hydrogen) atoms. The Bertz CT molecular complexity index is 373. The number of nitrogen functional groups attached to an aromatic ring is 1. The van der Waals surface area contributed by atoms with E-state index >= 15 is 0 Å². The van der Waals surface area contributed by atoms with Crippen LogP contribution in [-0.2, 0) is 11.2 Å².